The van der Waals surface area contributed by atoms with E-state index in [0.29, 0.717) is 6.42 Å². The molecule has 0 aromatic heterocycles. The van der Waals surface area contributed by atoms with Crippen LogP contribution in [0.3, 0.4) is 0 Å². The van der Waals surface area contributed by atoms with Crippen LogP contribution in [0.4, 0.5) is 0 Å². The van der Waals surface area contributed by atoms with Crippen molar-refractivity contribution in [1.82, 2.24) is 0 Å². The van der Waals surface area contributed by atoms with Gasteiger partial charge in [-0.15, -0.1) is 0 Å². The van der Waals surface area contributed by atoms with Crippen LogP contribution in [-0.4, -0.2) is 45.5 Å². The Labute approximate surface area is 87.7 Å². The maximum absolute atomic E-state index is 10.5. The molecule has 0 spiro atoms. The van der Waals surface area contributed by atoms with Gasteiger partial charge >= 0.3 is 12.7 Å². The van der Waals surface area contributed by atoms with Crippen LogP contribution >= 0.6 is 0 Å². The van der Waals surface area contributed by atoms with Gasteiger partial charge in [0, 0.05) is 0 Å². The summed E-state index contributed by atoms with van der Waals surface area (Å²) in [4.78, 5) is 10.5. The number of carboxylic acids is 1. The molecule has 7 nitrogen and oxygen atoms in total. The Bertz CT molecular complexity index is 208. The minimum absolute atomic E-state index is 0.107. The fourth-order valence-corrected chi connectivity index (χ4v) is 1.30. The van der Waals surface area contributed by atoms with Crippen molar-refractivity contribution in [3.05, 3.63) is 0 Å². The standard InChI is InChI=1S/C7H18BN2O5/c9-4-5(6(10)7(11)12)2-1-3-8(13,14)15/h5-6,13-15H,1-4,9-10H2,(H,11,12)/q-1/t5-,6+/m1/s1. The predicted molar refractivity (Wildman–Crippen MR) is 54.6 cm³/mol. The summed E-state index contributed by atoms with van der Waals surface area (Å²) in [6.45, 7) is -3.20. The monoisotopic (exact) mass is 221 g/mol. The number of aliphatic carboxylic acids is 1. The van der Waals surface area contributed by atoms with E-state index in [0.717, 1.165) is 0 Å². The van der Waals surface area contributed by atoms with Gasteiger partial charge in [0.05, 0.1) is 0 Å². The molecule has 0 aliphatic carbocycles. The van der Waals surface area contributed by atoms with Gasteiger partial charge in [-0.3, -0.25) is 4.79 Å². The Kier molecular flexibility index (Phi) is 5.77. The molecule has 0 unspecified atom stereocenters. The lowest BCUT2D eigenvalue weighted by molar-refractivity contribution is -0.139. The van der Waals surface area contributed by atoms with E-state index in [9.17, 15) is 4.79 Å². The highest BCUT2D eigenvalue weighted by molar-refractivity contribution is 6.56. The SMILES string of the molecule is NC[C@@H](CCC[B-](O)(O)O)[C@H](N)C(=O)O. The number of rotatable bonds is 7. The third-order valence-corrected chi connectivity index (χ3v) is 2.26. The number of hydrogen-bond acceptors (Lipinski definition) is 6. The second kappa shape index (κ2) is 6.04. The van der Waals surface area contributed by atoms with E-state index in [-0.39, 0.29) is 19.3 Å². The topological polar surface area (TPSA) is 150 Å². The van der Waals surface area contributed by atoms with Gasteiger partial charge in [0.15, 0.2) is 0 Å². The molecular weight excluding hydrogens is 203 g/mol. The molecule has 2 atom stereocenters. The Morgan fingerprint density at radius 2 is 1.87 bits per heavy atom. The van der Waals surface area contributed by atoms with Crippen molar-refractivity contribution < 1.29 is 25.0 Å². The lowest BCUT2D eigenvalue weighted by atomic mass is 9.73. The number of hydrogen-bond donors (Lipinski definition) is 6. The van der Waals surface area contributed by atoms with Gasteiger partial charge in [0.25, 0.3) is 0 Å². The van der Waals surface area contributed by atoms with Crippen LogP contribution in [0.2, 0.25) is 6.32 Å². The van der Waals surface area contributed by atoms with E-state index in [2.05, 4.69) is 0 Å². The van der Waals surface area contributed by atoms with Gasteiger partial charge in [0.2, 0.25) is 0 Å². The molecule has 8 N–H and O–H groups in total. The fraction of sp³-hybridized carbons (Fsp3) is 0.857. The van der Waals surface area contributed by atoms with Crippen molar-refractivity contribution in [3.8, 4) is 0 Å². The molecule has 0 saturated heterocycles. The van der Waals surface area contributed by atoms with E-state index in [4.69, 9.17) is 31.6 Å². The molecule has 0 bridgehead atoms. The Morgan fingerprint density at radius 3 is 2.20 bits per heavy atom. The van der Waals surface area contributed by atoms with E-state index < -0.39 is 24.7 Å². The Morgan fingerprint density at radius 1 is 1.33 bits per heavy atom. The average molecular weight is 221 g/mol. The van der Waals surface area contributed by atoms with E-state index in [1.165, 1.54) is 0 Å². The molecule has 0 heterocycles. The minimum atomic E-state index is -3.31. The summed E-state index contributed by atoms with van der Waals surface area (Å²) < 4.78 is 0. The summed E-state index contributed by atoms with van der Waals surface area (Å²) in [6.07, 6.45) is 0.379. The molecule has 0 radical (unpaired) electrons. The second-order valence-corrected chi connectivity index (χ2v) is 3.68. The van der Waals surface area contributed by atoms with Crippen molar-refractivity contribution >= 4 is 12.7 Å². The van der Waals surface area contributed by atoms with Crippen LogP contribution in [0.25, 0.3) is 0 Å². The summed E-state index contributed by atoms with van der Waals surface area (Å²) in [5.74, 6) is -1.57. The molecule has 0 aromatic rings. The van der Waals surface area contributed by atoms with E-state index in [1.807, 2.05) is 0 Å². The normalized spacial score (nSPS) is 16.1. The molecule has 0 aliphatic heterocycles. The van der Waals surface area contributed by atoms with E-state index >= 15 is 0 Å². The van der Waals surface area contributed by atoms with Crippen LogP contribution in [0, 0.1) is 5.92 Å². The number of carbonyl (C=O) groups is 1. The average Bonchev–Trinajstić information content (AvgIpc) is 2.09. The summed E-state index contributed by atoms with van der Waals surface area (Å²) in [6, 6.07) is -1.06. The van der Waals surface area contributed by atoms with Crippen molar-refractivity contribution in [2.24, 2.45) is 17.4 Å². The highest BCUT2D eigenvalue weighted by atomic mass is 16.5. The number of carboxylic acid groups (broad SMARTS) is 1. The summed E-state index contributed by atoms with van der Waals surface area (Å²) >= 11 is 0. The summed E-state index contributed by atoms with van der Waals surface area (Å²) in [7, 11) is 0. The van der Waals surface area contributed by atoms with Crippen LogP contribution in [0.5, 0.6) is 0 Å². The lowest BCUT2D eigenvalue weighted by Gasteiger charge is -2.23. The molecule has 90 valence electrons. The Balaban J connectivity index is 3.96. The fourth-order valence-electron chi connectivity index (χ4n) is 1.30. The second-order valence-electron chi connectivity index (χ2n) is 3.68. The first kappa shape index (κ1) is 14.3. The molecule has 0 saturated carbocycles. The highest BCUT2D eigenvalue weighted by Gasteiger charge is 2.23. The van der Waals surface area contributed by atoms with Gasteiger partial charge in [0.1, 0.15) is 6.04 Å². The first-order chi connectivity index (χ1) is 6.78. The maximum Gasteiger partial charge on any atom is 0.371 e. The van der Waals surface area contributed by atoms with Crippen molar-refractivity contribution in [2.45, 2.75) is 25.2 Å². The zero-order chi connectivity index (χ0) is 12.1. The summed E-state index contributed by atoms with van der Waals surface area (Å²) in [5.41, 5.74) is 10.7. The molecule has 0 fully saturated rings. The van der Waals surface area contributed by atoms with Crippen LogP contribution < -0.4 is 11.5 Å². The maximum atomic E-state index is 10.5. The quantitative estimate of drug-likeness (QED) is 0.264. The molecule has 0 aromatic carbocycles. The zero-order valence-electron chi connectivity index (χ0n) is 8.41. The smallest absolute Gasteiger partial charge is 0.371 e. The first-order valence-corrected chi connectivity index (χ1v) is 4.79. The number of nitrogens with two attached hydrogens (primary N) is 2. The van der Waals surface area contributed by atoms with Crippen molar-refractivity contribution in [3.63, 3.8) is 0 Å². The molecule has 0 amide bonds. The van der Waals surface area contributed by atoms with E-state index in [1.54, 1.807) is 0 Å². The van der Waals surface area contributed by atoms with Gasteiger partial charge in [-0.1, -0.05) is 12.7 Å². The van der Waals surface area contributed by atoms with Gasteiger partial charge < -0.3 is 31.6 Å². The molecule has 8 heteroatoms. The van der Waals surface area contributed by atoms with Gasteiger partial charge in [-0.2, -0.15) is 0 Å². The largest absolute Gasteiger partial charge is 0.560 e. The van der Waals surface area contributed by atoms with Crippen LogP contribution in [0.1, 0.15) is 12.8 Å². The van der Waals surface area contributed by atoms with Crippen LogP contribution in [-0.2, 0) is 4.79 Å². The lowest BCUT2D eigenvalue weighted by Crippen LogP contribution is -2.42. The van der Waals surface area contributed by atoms with Crippen molar-refractivity contribution in [2.75, 3.05) is 6.54 Å². The zero-order valence-corrected chi connectivity index (χ0v) is 8.41. The molecule has 0 rings (SSSR count). The third-order valence-electron chi connectivity index (χ3n) is 2.26. The first-order valence-electron chi connectivity index (χ1n) is 4.79. The van der Waals surface area contributed by atoms with Gasteiger partial charge in [-0.25, -0.2) is 0 Å². The molecule has 15 heavy (non-hydrogen) atoms. The van der Waals surface area contributed by atoms with Crippen LogP contribution in [0.15, 0.2) is 0 Å². The predicted octanol–water partition coefficient (Wildman–Crippen LogP) is -2.33. The summed E-state index contributed by atoms with van der Waals surface area (Å²) in [5, 5.41) is 34.6. The van der Waals surface area contributed by atoms with Gasteiger partial charge in [-0.05, 0) is 18.9 Å². The molecular formula is C7H18BN2O5-. The minimum Gasteiger partial charge on any atom is -0.560 e. The third kappa shape index (κ3) is 6.42. The van der Waals surface area contributed by atoms with Crippen molar-refractivity contribution in [1.29, 1.82) is 0 Å². The highest BCUT2D eigenvalue weighted by Crippen LogP contribution is 2.13. The Hall–Kier alpha value is -0.665. The molecule has 0 aliphatic rings.